The number of rotatable bonds is 3. The summed E-state index contributed by atoms with van der Waals surface area (Å²) in [6, 6.07) is 16.0. The lowest BCUT2D eigenvalue weighted by atomic mass is 9.96. The van der Waals surface area contributed by atoms with Gasteiger partial charge in [-0.3, -0.25) is 4.99 Å². The number of H-pyrrole nitrogens is 1. The van der Waals surface area contributed by atoms with Crippen molar-refractivity contribution in [2.45, 2.75) is 19.8 Å². The van der Waals surface area contributed by atoms with Gasteiger partial charge in [-0.1, -0.05) is 36.7 Å². The second kappa shape index (κ2) is 5.74. The molecule has 0 spiro atoms. The number of aromatic amines is 1. The van der Waals surface area contributed by atoms with E-state index >= 15 is 0 Å². The molecule has 0 radical (unpaired) electrons. The Hall–Kier alpha value is -2.06. The third-order valence-electron chi connectivity index (χ3n) is 3.85. The van der Waals surface area contributed by atoms with Crippen LogP contribution in [0.4, 0.5) is 5.69 Å². The summed E-state index contributed by atoms with van der Waals surface area (Å²) in [5.74, 6) is 0.261. The zero-order valence-corrected chi connectivity index (χ0v) is 12.9. The lowest BCUT2D eigenvalue weighted by molar-refractivity contribution is 1.02. The molecule has 21 heavy (non-hydrogen) atoms. The minimum absolute atomic E-state index is 0.261. The van der Waals surface area contributed by atoms with E-state index in [1.54, 1.807) is 0 Å². The van der Waals surface area contributed by atoms with Crippen LogP contribution in [0.15, 0.2) is 59.7 Å². The predicted octanol–water partition coefficient (Wildman–Crippen LogP) is 5.72. The van der Waals surface area contributed by atoms with E-state index in [1.807, 2.05) is 30.3 Å². The first-order valence-corrected chi connectivity index (χ1v) is 7.39. The van der Waals surface area contributed by atoms with Crippen molar-refractivity contribution in [2.24, 2.45) is 4.99 Å². The molecule has 0 amide bonds. The number of aliphatic imine (C=N–C) groups is 1. The van der Waals surface area contributed by atoms with Crippen LogP contribution in [-0.2, 0) is 0 Å². The zero-order valence-electron chi connectivity index (χ0n) is 12.1. The van der Waals surface area contributed by atoms with Gasteiger partial charge in [-0.15, -0.1) is 0 Å². The van der Waals surface area contributed by atoms with Gasteiger partial charge in [0, 0.05) is 33.8 Å². The summed E-state index contributed by atoms with van der Waals surface area (Å²) < 4.78 is 0. The molecule has 0 aliphatic rings. The van der Waals surface area contributed by atoms with Crippen molar-refractivity contribution in [3.05, 3.63) is 65.3 Å². The highest BCUT2D eigenvalue weighted by molar-refractivity contribution is 6.30. The molecule has 1 unspecified atom stereocenters. The van der Waals surface area contributed by atoms with Gasteiger partial charge in [-0.25, -0.2) is 0 Å². The van der Waals surface area contributed by atoms with Crippen LogP contribution in [0.25, 0.3) is 10.9 Å². The molecule has 0 bridgehead atoms. The molecular formula is C18H17ClN2. The van der Waals surface area contributed by atoms with E-state index in [9.17, 15) is 0 Å². The summed E-state index contributed by atoms with van der Waals surface area (Å²) >= 11 is 5.90. The van der Waals surface area contributed by atoms with Crippen molar-refractivity contribution in [1.82, 2.24) is 4.98 Å². The highest BCUT2D eigenvalue weighted by atomic mass is 35.5. The fraction of sp³-hybridized carbons (Fsp3) is 0.167. The molecule has 1 N–H and O–H groups in total. The van der Waals surface area contributed by atoms with E-state index in [4.69, 9.17) is 16.6 Å². The number of hydrogen-bond donors (Lipinski definition) is 1. The van der Waals surface area contributed by atoms with E-state index in [0.717, 1.165) is 16.4 Å². The van der Waals surface area contributed by atoms with Gasteiger partial charge in [-0.2, -0.15) is 0 Å². The van der Waals surface area contributed by atoms with E-state index in [2.05, 4.69) is 43.2 Å². The average molecular weight is 297 g/mol. The molecule has 3 aromatic rings. The highest BCUT2D eigenvalue weighted by Gasteiger charge is 2.13. The van der Waals surface area contributed by atoms with Gasteiger partial charge in [0.2, 0.25) is 0 Å². The maximum atomic E-state index is 5.90. The lowest BCUT2D eigenvalue weighted by Crippen LogP contribution is -2.04. The largest absolute Gasteiger partial charge is 0.361 e. The molecule has 0 aliphatic heterocycles. The number of halogens is 1. The number of fused-ring (bicyclic) bond motifs is 1. The maximum absolute atomic E-state index is 5.90. The average Bonchev–Trinajstić information content (AvgIpc) is 2.92. The predicted molar refractivity (Wildman–Crippen MR) is 90.9 cm³/mol. The Kier molecular flexibility index (Phi) is 3.80. The molecule has 3 heteroatoms. The number of benzene rings is 2. The molecule has 0 saturated carbocycles. The van der Waals surface area contributed by atoms with E-state index < -0.39 is 0 Å². The molecule has 0 aliphatic carbocycles. The van der Waals surface area contributed by atoms with Crippen LogP contribution >= 0.6 is 11.6 Å². The Labute approximate surface area is 129 Å². The van der Waals surface area contributed by atoms with Crippen LogP contribution in [0.3, 0.4) is 0 Å². The maximum Gasteiger partial charge on any atom is 0.0630 e. The first-order chi connectivity index (χ1) is 10.1. The molecule has 2 nitrogen and oxygen atoms in total. The van der Waals surface area contributed by atoms with Gasteiger partial charge < -0.3 is 4.98 Å². The van der Waals surface area contributed by atoms with Crippen LogP contribution in [-0.4, -0.2) is 10.7 Å². The fourth-order valence-corrected chi connectivity index (χ4v) is 2.62. The molecule has 0 saturated heterocycles. The second-order valence-corrected chi connectivity index (χ2v) is 5.68. The summed E-state index contributed by atoms with van der Waals surface area (Å²) in [6.45, 7) is 4.26. The van der Waals surface area contributed by atoms with E-state index in [0.29, 0.717) is 0 Å². The minimum Gasteiger partial charge on any atom is -0.361 e. The number of aromatic nitrogens is 1. The summed E-state index contributed by atoms with van der Waals surface area (Å²) in [4.78, 5) is 8.03. The number of nitrogens with one attached hydrogen (secondary N) is 1. The lowest BCUT2D eigenvalue weighted by Gasteiger charge is -2.10. The van der Waals surface area contributed by atoms with Gasteiger partial charge in [0.05, 0.1) is 5.69 Å². The smallest absolute Gasteiger partial charge is 0.0630 e. The van der Waals surface area contributed by atoms with Crippen molar-refractivity contribution in [3.63, 3.8) is 0 Å². The third kappa shape index (κ3) is 2.86. The standard InChI is InChI=1S/C18H17ClN2/c1-12(13(2)21-15-9-7-14(19)8-10-15)17-11-20-18-6-4-3-5-16(17)18/h3-12,20H,1-2H3. The van der Waals surface area contributed by atoms with E-state index in [-0.39, 0.29) is 5.92 Å². The third-order valence-corrected chi connectivity index (χ3v) is 4.10. The van der Waals surface area contributed by atoms with Gasteiger partial charge in [0.25, 0.3) is 0 Å². The van der Waals surface area contributed by atoms with Crippen LogP contribution < -0.4 is 0 Å². The summed E-state index contributed by atoms with van der Waals surface area (Å²) in [7, 11) is 0. The highest BCUT2D eigenvalue weighted by Crippen LogP contribution is 2.27. The number of para-hydroxylation sites is 1. The monoisotopic (exact) mass is 296 g/mol. The molecule has 2 aromatic carbocycles. The van der Waals surface area contributed by atoms with Crippen LogP contribution in [0.1, 0.15) is 25.3 Å². The van der Waals surface area contributed by atoms with Crippen molar-refractivity contribution in [3.8, 4) is 0 Å². The first-order valence-electron chi connectivity index (χ1n) is 7.02. The van der Waals surface area contributed by atoms with E-state index in [1.165, 1.54) is 16.5 Å². The molecule has 106 valence electrons. The van der Waals surface area contributed by atoms with Gasteiger partial charge in [0.15, 0.2) is 0 Å². The molecule has 1 atom stereocenters. The molecular weight excluding hydrogens is 280 g/mol. The fourth-order valence-electron chi connectivity index (χ4n) is 2.49. The molecule has 0 fully saturated rings. The minimum atomic E-state index is 0.261. The van der Waals surface area contributed by atoms with Crippen LogP contribution in [0.5, 0.6) is 0 Å². The Morgan fingerprint density at radius 1 is 1.10 bits per heavy atom. The first kappa shape index (κ1) is 13.9. The normalized spacial score (nSPS) is 13.6. The Bertz CT molecular complexity index is 784. The van der Waals surface area contributed by atoms with Crippen molar-refractivity contribution in [1.29, 1.82) is 0 Å². The van der Waals surface area contributed by atoms with Crippen molar-refractivity contribution >= 4 is 33.9 Å². The number of nitrogens with zero attached hydrogens (tertiary/aromatic N) is 1. The zero-order chi connectivity index (χ0) is 14.8. The molecule has 3 rings (SSSR count). The molecule has 1 heterocycles. The van der Waals surface area contributed by atoms with Gasteiger partial charge in [0.1, 0.15) is 0 Å². The topological polar surface area (TPSA) is 28.1 Å². The number of hydrogen-bond acceptors (Lipinski definition) is 1. The Morgan fingerprint density at radius 3 is 2.57 bits per heavy atom. The summed E-state index contributed by atoms with van der Waals surface area (Å²) in [5.41, 5.74) is 4.46. The van der Waals surface area contributed by atoms with Gasteiger partial charge >= 0.3 is 0 Å². The van der Waals surface area contributed by atoms with Crippen molar-refractivity contribution < 1.29 is 0 Å². The SMILES string of the molecule is CC(=Nc1ccc(Cl)cc1)C(C)c1c[nH]c2ccccc12. The van der Waals surface area contributed by atoms with Crippen LogP contribution in [0.2, 0.25) is 5.02 Å². The molecule has 1 aromatic heterocycles. The Morgan fingerprint density at radius 2 is 1.81 bits per heavy atom. The quantitative estimate of drug-likeness (QED) is 0.599. The van der Waals surface area contributed by atoms with Gasteiger partial charge in [-0.05, 0) is 42.8 Å². The van der Waals surface area contributed by atoms with Crippen molar-refractivity contribution in [2.75, 3.05) is 0 Å². The Balaban J connectivity index is 1.93. The summed E-state index contributed by atoms with van der Waals surface area (Å²) in [5, 5.41) is 1.99. The second-order valence-electron chi connectivity index (χ2n) is 5.24. The summed E-state index contributed by atoms with van der Waals surface area (Å²) in [6.07, 6.45) is 2.08. The van der Waals surface area contributed by atoms with Crippen LogP contribution in [0, 0.1) is 0 Å².